The van der Waals surface area contributed by atoms with Gasteiger partial charge in [-0.2, -0.15) is 11.6 Å². The molecule has 0 fully saturated rings. The molecule has 0 spiro atoms. The molecule has 3 nitrogen and oxygen atoms in total. The van der Waals surface area contributed by atoms with Crippen molar-refractivity contribution in [2.24, 2.45) is 0 Å². The number of nitrogens with zero attached hydrogens (tertiary/aromatic N) is 2. The molecule has 0 aliphatic rings. The molecule has 0 unspecified atom stereocenters. The Morgan fingerprint density at radius 1 is 1.00 bits per heavy atom. The zero-order valence-electron chi connectivity index (χ0n) is 15.3. The molecule has 147 valence electrons. The maximum atomic E-state index is 5.65. The zero-order valence-corrected chi connectivity index (χ0v) is 18.7. The number of hydrogen-bond donors (Lipinski definition) is 1. The number of pyridine rings is 2. The topological polar surface area (TPSA) is 60.8 Å². The van der Waals surface area contributed by atoms with Gasteiger partial charge in [-0.15, -0.1) is 47.7 Å². The number of aryl methyl sites for hydroxylation is 1. The van der Waals surface area contributed by atoms with Gasteiger partial charge in [0.1, 0.15) is 0 Å². The van der Waals surface area contributed by atoms with Crippen molar-refractivity contribution in [3.63, 3.8) is 0 Å². The van der Waals surface area contributed by atoms with Gasteiger partial charge in [0.2, 0.25) is 0 Å². The van der Waals surface area contributed by atoms with Gasteiger partial charge in [0, 0.05) is 0 Å². The van der Waals surface area contributed by atoms with Crippen LogP contribution in [-0.4, -0.2) is 14.4 Å². The van der Waals surface area contributed by atoms with Crippen LogP contribution < -0.4 is 6.15 Å². The van der Waals surface area contributed by atoms with Crippen LogP contribution in [0.3, 0.4) is 0 Å². The van der Waals surface area contributed by atoms with E-state index in [-0.39, 0.29) is 18.6 Å². The van der Waals surface area contributed by atoms with Crippen LogP contribution in [0.15, 0.2) is 54.7 Å². The van der Waals surface area contributed by atoms with E-state index in [0.717, 1.165) is 37.5 Å². The smallest absolute Gasteiger partial charge is 0.0629 e. The van der Waals surface area contributed by atoms with Crippen molar-refractivity contribution in [3.05, 3.63) is 82.1 Å². The second-order valence-electron chi connectivity index (χ2n) is 5.75. The molecule has 0 bridgehead atoms. The van der Waals surface area contributed by atoms with Crippen LogP contribution in [-0.2, 0) is 15.6 Å². The summed E-state index contributed by atoms with van der Waals surface area (Å²) in [5.74, 6) is 0. The number of fused-ring (bicyclic) bond motifs is 3. The fraction of sp³-hybridized carbons (Fsp3) is 0.0952. The van der Waals surface area contributed by atoms with Crippen LogP contribution in [0.5, 0.6) is 0 Å². The molecule has 3 N–H and O–H groups in total. The third-order valence-electron chi connectivity index (χ3n) is 3.71. The maximum Gasteiger partial charge on any atom is -0.0629 e. The summed E-state index contributed by atoms with van der Waals surface area (Å²) in [5, 5.41) is 3.46. The second kappa shape index (κ2) is 10.9. The summed E-state index contributed by atoms with van der Waals surface area (Å²) >= 11 is 15.2. The van der Waals surface area contributed by atoms with Gasteiger partial charge in [0.25, 0.3) is 0 Å². The van der Waals surface area contributed by atoms with E-state index in [9.17, 15) is 0 Å². The first kappa shape index (κ1) is 24.5. The summed E-state index contributed by atoms with van der Waals surface area (Å²) < 4.78 is 0.972. The van der Waals surface area contributed by atoms with E-state index in [4.69, 9.17) is 23.2 Å². The van der Waals surface area contributed by atoms with E-state index in [1.54, 1.807) is 12.3 Å². The van der Waals surface area contributed by atoms with E-state index in [0.29, 0.717) is 10.0 Å². The Morgan fingerprint density at radius 2 is 1.64 bits per heavy atom. The van der Waals surface area contributed by atoms with Gasteiger partial charge in [-0.25, -0.2) is 0 Å². The van der Waals surface area contributed by atoms with Crippen molar-refractivity contribution in [2.45, 2.75) is 13.8 Å². The third kappa shape index (κ3) is 5.99. The number of benzene rings is 2. The molecule has 4 rings (SSSR count). The van der Waals surface area contributed by atoms with Crippen LogP contribution in [0.2, 0.25) is 10.0 Å². The molecule has 0 saturated carbocycles. The van der Waals surface area contributed by atoms with Gasteiger partial charge in [-0.1, -0.05) is 17.0 Å². The largest absolute Gasteiger partial charge is 0.344 e. The van der Waals surface area contributed by atoms with Crippen molar-refractivity contribution >= 4 is 61.8 Å². The van der Waals surface area contributed by atoms with Crippen LogP contribution in [0.25, 0.3) is 21.8 Å². The minimum Gasteiger partial charge on any atom is -0.344 e. The predicted octanol–water partition coefficient (Wildman–Crippen LogP) is 6.56. The van der Waals surface area contributed by atoms with Crippen LogP contribution in [0, 0.1) is 13.0 Å². The Bertz CT molecular complexity index is 1070. The Balaban J connectivity index is 0.000000308. The van der Waals surface area contributed by atoms with Gasteiger partial charge in [-0.05, 0) is 0 Å². The van der Waals surface area contributed by atoms with E-state index in [1.807, 2.05) is 32.0 Å². The molecule has 0 amide bonds. The Labute approximate surface area is 188 Å². The molecule has 0 aliphatic heterocycles. The quantitative estimate of drug-likeness (QED) is 0.193. The predicted molar refractivity (Wildman–Crippen MR) is 119 cm³/mol. The SMILES string of the molecule is C[C](=[Fe+])c1ccc2ccc3cccnc3c2n1.Cc1[c-]c(Cl)cc(Cl)c1.Cl.N. The molecule has 2 aromatic carbocycles. The number of aromatic nitrogens is 2. The zero-order chi connectivity index (χ0) is 18.7. The first-order chi connectivity index (χ1) is 12.4. The van der Waals surface area contributed by atoms with Crippen molar-refractivity contribution in [1.82, 2.24) is 16.1 Å². The van der Waals surface area contributed by atoms with E-state index in [2.05, 4.69) is 55.9 Å². The Morgan fingerprint density at radius 3 is 2.25 bits per heavy atom. The van der Waals surface area contributed by atoms with Crippen LogP contribution in [0.4, 0.5) is 0 Å². The second-order valence-corrected chi connectivity index (χ2v) is 7.43. The molecule has 7 heteroatoms. The first-order valence-electron chi connectivity index (χ1n) is 7.92. The summed E-state index contributed by atoms with van der Waals surface area (Å²) in [5.41, 5.74) is 3.79. The van der Waals surface area contributed by atoms with Gasteiger partial charge in [-0.3, -0.25) is 0 Å². The van der Waals surface area contributed by atoms with Crippen LogP contribution in [0.1, 0.15) is 18.2 Å². The number of hydrogen-bond acceptors (Lipinski definition) is 3. The fourth-order valence-corrected chi connectivity index (χ4v) is 3.29. The average molecular weight is 476 g/mol. The number of halogens is 3. The van der Waals surface area contributed by atoms with E-state index in [1.165, 1.54) is 0 Å². The molecule has 0 atom stereocenters. The van der Waals surface area contributed by atoms with Gasteiger partial charge < -0.3 is 6.15 Å². The summed E-state index contributed by atoms with van der Waals surface area (Å²) in [6.07, 6.45) is 1.80. The molecule has 0 aliphatic carbocycles. The third-order valence-corrected chi connectivity index (χ3v) is 4.42. The minimum absolute atomic E-state index is 0. The molecular formula is C21H19Cl3FeN3. The van der Waals surface area contributed by atoms with E-state index < -0.39 is 0 Å². The molecule has 0 saturated heterocycles. The fourth-order valence-electron chi connectivity index (χ4n) is 2.54. The number of rotatable bonds is 1. The molecule has 2 heterocycles. The van der Waals surface area contributed by atoms with Crippen molar-refractivity contribution in [1.29, 1.82) is 0 Å². The molecular weight excluding hydrogens is 456 g/mol. The Hall–Kier alpha value is -1.52. The van der Waals surface area contributed by atoms with Crippen molar-refractivity contribution < 1.29 is 15.6 Å². The Kier molecular flexibility index (Phi) is 9.52. The average Bonchev–Trinajstić information content (AvgIpc) is 2.60. The van der Waals surface area contributed by atoms with Crippen molar-refractivity contribution in [2.75, 3.05) is 0 Å². The normalized spacial score (nSPS) is 9.71. The first-order valence-corrected chi connectivity index (χ1v) is 9.22. The summed E-state index contributed by atoms with van der Waals surface area (Å²) in [4.78, 5) is 9.06. The van der Waals surface area contributed by atoms with Gasteiger partial charge in [0.05, 0.1) is 0 Å². The van der Waals surface area contributed by atoms with E-state index >= 15 is 0 Å². The molecule has 4 aromatic rings. The van der Waals surface area contributed by atoms with Crippen molar-refractivity contribution in [3.8, 4) is 0 Å². The molecule has 2 aromatic heterocycles. The van der Waals surface area contributed by atoms with Crippen LogP contribution >= 0.6 is 35.6 Å². The molecule has 0 radical (unpaired) electrons. The monoisotopic (exact) mass is 474 g/mol. The van der Waals surface area contributed by atoms with Gasteiger partial charge in [0.15, 0.2) is 0 Å². The maximum absolute atomic E-state index is 5.65. The standard InChI is InChI=1S/C14H10N2.C7H5Cl2.ClH.Fe.H3N/c1-2-12-8-7-11-6-5-10-4-3-9-15-13(10)14(11)16-12;1-5-2-6(8)4-7(9)3-5;;;/h3-9H,1H3;2,4H,1H3;1H;;1H3/q;-1;;+1;. The molecule has 28 heavy (non-hydrogen) atoms. The minimum atomic E-state index is 0. The summed E-state index contributed by atoms with van der Waals surface area (Å²) in [6.45, 7) is 3.87. The summed E-state index contributed by atoms with van der Waals surface area (Å²) in [7, 11) is 0. The summed E-state index contributed by atoms with van der Waals surface area (Å²) in [6, 6.07) is 18.6. The van der Waals surface area contributed by atoms with Gasteiger partial charge >= 0.3 is 107 Å².